The molecule has 0 radical (unpaired) electrons. The Morgan fingerprint density at radius 3 is 2.62 bits per heavy atom. The minimum atomic E-state index is 0.569. The van der Waals surface area contributed by atoms with Crippen LogP contribution in [0.4, 0.5) is 0 Å². The summed E-state index contributed by atoms with van der Waals surface area (Å²) in [6.45, 7) is 3.98. The quantitative estimate of drug-likeness (QED) is 0.820. The summed E-state index contributed by atoms with van der Waals surface area (Å²) in [4.78, 5) is 2.42. The fourth-order valence-corrected chi connectivity index (χ4v) is 2.39. The van der Waals surface area contributed by atoms with E-state index < -0.39 is 0 Å². The molecule has 1 unspecified atom stereocenters. The predicted octanol–water partition coefficient (Wildman–Crippen LogP) is 2.16. The Kier molecular flexibility index (Phi) is 3.62. The van der Waals surface area contributed by atoms with Gasteiger partial charge in [0.25, 0.3) is 0 Å². The largest absolute Gasteiger partial charge is 0.329 e. The molecule has 1 saturated carbocycles. The van der Waals surface area contributed by atoms with Crippen molar-refractivity contribution in [3.8, 4) is 0 Å². The average Bonchev–Trinajstić information content (AvgIpc) is 3.07. The lowest BCUT2D eigenvalue weighted by Crippen LogP contribution is -2.39. The zero-order valence-corrected chi connectivity index (χ0v) is 10.3. The van der Waals surface area contributed by atoms with Crippen molar-refractivity contribution in [2.75, 3.05) is 13.6 Å². The van der Waals surface area contributed by atoms with E-state index in [1.807, 2.05) is 0 Å². The molecule has 2 rings (SSSR count). The number of likely N-dealkylation sites (N-methyl/N-ethyl adjacent to an activating group) is 1. The molecule has 1 aliphatic carbocycles. The topological polar surface area (TPSA) is 29.3 Å². The van der Waals surface area contributed by atoms with Crippen LogP contribution >= 0.6 is 0 Å². The first-order valence-corrected chi connectivity index (χ1v) is 6.17. The van der Waals surface area contributed by atoms with Crippen molar-refractivity contribution in [2.24, 2.45) is 11.7 Å². The lowest BCUT2D eigenvalue weighted by Gasteiger charge is -2.27. The standard InChI is InChI=1S/C14H22N2/c1-11-5-3-4-6-13(11)10-16(2)14(9-15)12-7-8-12/h3-6,12,14H,7-10,15H2,1-2H3. The monoisotopic (exact) mass is 218 g/mol. The fourth-order valence-electron chi connectivity index (χ4n) is 2.39. The van der Waals surface area contributed by atoms with Crippen LogP contribution in [0.1, 0.15) is 24.0 Å². The minimum absolute atomic E-state index is 0.569. The van der Waals surface area contributed by atoms with Gasteiger partial charge >= 0.3 is 0 Å². The average molecular weight is 218 g/mol. The molecule has 1 atom stereocenters. The number of rotatable bonds is 5. The number of aryl methyl sites for hydroxylation is 1. The first kappa shape index (κ1) is 11.6. The number of hydrogen-bond acceptors (Lipinski definition) is 2. The summed E-state index contributed by atoms with van der Waals surface area (Å²) in [6.07, 6.45) is 2.72. The molecule has 2 heteroatoms. The second-order valence-electron chi connectivity index (χ2n) is 4.98. The Morgan fingerprint density at radius 2 is 2.06 bits per heavy atom. The summed E-state index contributed by atoms with van der Waals surface area (Å²) in [5.74, 6) is 0.846. The van der Waals surface area contributed by atoms with Gasteiger partial charge in [0.05, 0.1) is 0 Å². The van der Waals surface area contributed by atoms with Crippen LogP contribution in [-0.2, 0) is 6.54 Å². The summed E-state index contributed by atoms with van der Waals surface area (Å²) in [7, 11) is 2.20. The van der Waals surface area contributed by atoms with Gasteiger partial charge in [-0.1, -0.05) is 24.3 Å². The van der Waals surface area contributed by atoms with Crippen LogP contribution in [0.25, 0.3) is 0 Å². The Hall–Kier alpha value is -0.860. The second kappa shape index (κ2) is 4.98. The highest BCUT2D eigenvalue weighted by Crippen LogP contribution is 2.35. The highest BCUT2D eigenvalue weighted by atomic mass is 15.1. The molecule has 88 valence electrons. The van der Waals surface area contributed by atoms with Gasteiger partial charge < -0.3 is 5.73 Å². The van der Waals surface area contributed by atoms with Crippen molar-refractivity contribution in [3.05, 3.63) is 35.4 Å². The SMILES string of the molecule is Cc1ccccc1CN(C)C(CN)C1CC1. The van der Waals surface area contributed by atoms with E-state index in [-0.39, 0.29) is 0 Å². The lowest BCUT2D eigenvalue weighted by molar-refractivity contribution is 0.215. The molecule has 2 nitrogen and oxygen atoms in total. The molecule has 16 heavy (non-hydrogen) atoms. The van der Waals surface area contributed by atoms with Gasteiger partial charge in [0.1, 0.15) is 0 Å². The van der Waals surface area contributed by atoms with E-state index in [0.717, 1.165) is 19.0 Å². The molecule has 1 aromatic carbocycles. The molecule has 0 aromatic heterocycles. The molecule has 0 bridgehead atoms. The normalized spacial score (nSPS) is 17.8. The van der Waals surface area contributed by atoms with E-state index in [1.165, 1.54) is 24.0 Å². The third kappa shape index (κ3) is 2.63. The van der Waals surface area contributed by atoms with Gasteiger partial charge in [0.15, 0.2) is 0 Å². The van der Waals surface area contributed by atoms with Crippen LogP contribution in [0.2, 0.25) is 0 Å². The number of hydrogen-bond donors (Lipinski definition) is 1. The number of benzene rings is 1. The van der Waals surface area contributed by atoms with Crippen LogP contribution in [0.3, 0.4) is 0 Å². The van der Waals surface area contributed by atoms with Gasteiger partial charge in [0, 0.05) is 19.1 Å². The molecule has 0 heterocycles. The van der Waals surface area contributed by atoms with Crippen LogP contribution in [0.15, 0.2) is 24.3 Å². The molecule has 1 aromatic rings. The Labute approximate surface area is 98.4 Å². The summed E-state index contributed by atoms with van der Waals surface area (Å²) >= 11 is 0. The van der Waals surface area contributed by atoms with E-state index in [9.17, 15) is 0 Å². The molecule has 0 amide bonds. The Bertz CT molecular complexity index is 344. The second-order valence-corrected chi connectivity index (χ2v) is 4.98. The van der Waals surface area contributed by atoms with Gasteiger partial charge in [-0.2, -0.15) is 0 Å². The molecular formula is C14H22N2. The third-order valence-electron chi connectivity index (χ3n) is 3.65. The van der Waals surface area contributed by atoms with E-state index in [4.69, 9.17) is 5.73 Å². The Balaban J connectivity index is 2.00. The summed E-state index contributed by atoms with van der Waals surface area (Å²) < 4.78 is 0. The van der Waals surface area contributed by atoms with Crippen LogP contribution in [-0.4, -0.2) is 24.5 Å². The smallest absolute Gasteiger partial charge is 0.0247 e. The molecule has 0 aliphatic heterocycles. The first-order chi connectivity index (χ1) is 7.72. The van der Waals surface area contributed by atoms with Crippen molar-refractivity contribution < 1.29 is 0 Å². The summed E-state index contributed by atoms with van der Waals surface area (Å²) in [5.41, 5.74) is 8.66. The fraction of sp³-hybridized carbons (Fsp3) is 0.571. The third-order valence-corrected chi connectivity index (χ3v) is 3.65. The van der Waals surface area contributed by atoms with Crippen molar-refractivity contribution in [1.29, 1.82) is 0 Å². The maximum absolute atomic E-state index is 5.86. The minimum Gasteiger partial charge on any atom is -0.329 e. The van der Waals surface area contributed by atoms with Crippen molar-refractivity contribution in [3.63, 3.8) is 0 Å². The molecule has 0 spiro atoms. The molecular weight excluding hydrogens is 196 g/mol. The molecule has 0 saturated heterocycles. The zero-order chi connectivity index (χ0) is 11.5. The van der Waals surface area contributed by atoms with E-state index in [1.54, 1.807) is 0 Å². The molecule has 2 N–H and O–H groups in total. The maximum Gasteiger partial charge on any atom is 0.0247 e. The summed E-state index contributed by atoms with van der Waals surface area (Å²) in [6, 6.07) is 9.18. The van der Waals surface area contributed by atoms with E-state index in [2.05, 4.69) is 43.1 Å². The van der Waals surface area contributed by atoms with E-state index in [0.29, 0.717) is 6.04 Å². The van der Waals surface area contributed by atoms with Crippen molar-refractivity contribution in [1.82, 2.24) is 4.90 Å². The van der Waals surface area contributed by atoms with Gasteiger partial charge in [-0.3, -0.25) is 4.90 Å². The highest BCUT2D eigenvalue weighted by molar-refractivity contribution is 5.25. The first-order valence-electron chi connectivity index (χ1n) is 6.17. The van der Waals surface area contributed by atoms with Crippen LogP contribution in [0, 0.1) is 12.8 Å². The summed E-state index contributed by atoms with van der Waals surface area (Å²) in [5, 5.41) is 0. The Morgan fingerprint density at radius 1 is 1.38 bits per heavy atom. The van der Waals surface area contributed by atoms with Gasteiger partial charge in [-0.25, -0.2) is 0 Å². The maximum atomic E-state index is 5.86. The van der Waals surface area contributed by atoms with E-state index >= 15 is 0 Å². The van der Waals surface area contributed by atoms with Gasteiger partial charge in [0.2, 0.25) is 0 Å². The number of nitrogens with two attached hydrogens (primary N) is 1. The highest BCUT2D eigenvalue weighted by Gasteiger charge is 2.32. The van der Waals surface area contributed by atoms with Gasteiger partial charge in [-0.15, -0.1) is 0 Å². The van der Waals surface area contributed by atoms with Crippen LogP contribution in [0.5, 0.6) is 0 Å². The number of nitrogens with zero attached hydrogens (tertiary/aromatic N) is 1. The van der Waals surface area contributed by atoms with Gasteiger partial charge in [-0.05, 0) is 43.9 Å². The zero-order valence-electron chi connectivity index (χ0n) is 10.3. The van der Waals surface area contributed by atoms with Crippen LogP contribution < -0.4 is 5.73 Å². The van der Waals surface area contributed by atoms with Crippen molar-refractivity contribution >= 4 is 0 Å². The van der Waals surface area contributed by atoms with Crippen molar-refractivity contribution in [2.45, 2.75) is 32.4 Å². The molecule has 1 fully saturated rings. The lowest BCUT2D eigenvalue weighted by atomic mass is 10.1. The molecule has 1 aliphatic rings. The predicted molar refractivity (Wildman–Crippen MR) is 68.2 cm³/mol.